The molecular weight excluding hydrogens is 326 g/mol. The minimum Gasteiger partial charge on any atom is -0.375 e. The molecule has 0 saturated heterocycles. The quantitative estimate of drug-likeness (QED) is 0.548. The Morgan fingerprint density at radius 1 is 1.42 bits per heavy atom. The lowest BCUT2D eigenvalue weighted by atomic mass is 9.91. The summed E-state index contributed by atoms with van der Waals surface area (Å²) in [4.78, 5) is 0. The zero-order chi connectivity index (χ0) is 14.3. The van der Waals surface area contributed by atoms with Crippen LogP contribution in [0.3, 0.4) is 0 Å². The van der Waals surface area contributed by atoms with E-state index in [1.807, 2.05) is 18.2 Å². The standard InChI is InChI=1S/C14H22BrNO2S/c1-14(2,16-9-6-10-19-17)13(18-3)11-7-4-5-8-12(11)15/h4-5,7-8,13,16-17H,6,9-10H2,1-3H3. The van der Waals surface area contributed by atoms with Gasteiger partial charge in [0.1, 0.15) is 6.10 Å². The molecule has 0 saturated carbocycles. The Balaban J connectivity index is 2.75. The van der Waals surface area contributed by atoms with E-state index in [1.165, 1.54) is 0 Å². The Morgan fingerprint density at radius 3 is 2.68 bits per heavy atom. The van der Waals surface area contributed by atoms with Gasteiger partial charge in [0.25, 0.3) is 0 Å². The highest BCUT2D eigenvalue weighted by molar-refractivity contribution is 9.10. The van der Waals surface area contributed by atoms with Crippen LogP contribution >= 0.6 is 28.0 Å². The second-order valence-corrected chi connectivity index (χ2v) is 6.49. The number of hydrogen-bond donors (Lipinski definition) is 2. The predicted octanol–water partition coefficient (Wildman–Crippen LogP) is 4.10. The lowest BCUT2D eigenvalue weighted by molar-refractivity contribution is 0.0309. The third kappa shape index (κ3) is 5.08. The molecule has 0 bridgehead atoms. The number of nitrogens with one attached hydrogen (secondary N) is 1. The van der Waals surface area contributed by atoms with E-state index < -0.39 is 0 Å². The van der Waals surface area contributed by atoms with Crippen LogP contribution in [-0.4, -0.2) is 29.5 Å². The van der Waals surface area contributed by atoms with Crippen molar-refractivity contribution in [1.29, 1.82) is 0 Å². The Kier molecular flexibility index (Phi) is 7.39. The maximum Gasteiger partial charge on any atom is 0.101 e. The molecule has 1 rings (SSSR count). The number of ether oxygens (including phenoxy) is 1. The van der Waals surface area contributed by atoms with Crippen LogP contribution in [0.2, 0.25) is 0 Å². The first-order chi connectivity index (χ1) is 9.03. The van der Waals surface area contributed by atoms with E-state index in [0.29, 0.717) is 0 Å². The van der Waals surface area contributed by atoms with Crippen molar-refractivity contribution in [3.63, 3.8) is 0 Å². The smallest absolute Gasteiger partial charge is 0.101 e. The fraction of sp³-hybridized carbons (Fsp3) is 0.571. The molecular formula is C14H22BrNO2S. The molecule has 19 heavy (non-hydrogen) atoms. The molecule has 5 heteroatoms. The van der Waals surface area contributed by atoms with Crippen LogP contribution in [-0.2, 0) is 4.74 Å². The summed E-state index contributed by atoms with van der Waals surface area (Å²) < 4.78 is 15.5. The SMILES string of the molecule is COC(c1ccccc1Br)C(C)(C)NCCCSO. The summed E-state index contributed by atoms with van der Waals surface area (Å²) in [5.74, 6) is 0.746. The number of benzene rings is 1. The normalized spacial score (nSPS) is 13.5. The first-order valence-electron chi connectivity index (χ1n) is 6.31. The van der Waals surface area contributed by atoms with E-state index in [9.17, 15) is 0 Å². The molecule has 3 nitrogen and oxygen atoms in total. The average molecular weight is 348 g/mol. The van der Waals surface area contributed by atoms with Gasteiger partial charge in [-0.25, -0.2) is 0 Å². The minimum atomic E-state index is -0.182. The lowest BCUT2D eigenvalue weighted by Gasteiger charge is -2.35. The topological polar surface area (TPSA) is 41.5 Å². The Hall–Kier alpha value is -0.0700. The van der Waals surface area contributed by atoms with Crippen molar-refractivity contribution in [2.45, 2.75) is 31.9 Å². The predicted molar refractivity (Wildman–Crippen MR) is 85.7 cm³/mol. The molecule has 108 valence electrons. The van der Waals surface area contributed by atoms with Crippen molar-refractivity contribution < 1.29 is 9.29 Å². The van der Waals surface area contributed by atoms with Crippen molar-refractivity contribution in [2.75, 3.05) is 19.4 Å². The molecule has 0 heterocycles. The van der Waals surface area contributed by atoms with Crippen LogP contribution in [0.4, 0.5) is 0 Å². The molecule has 0 aliphatic carbocycles. The van der Waals surface area contributed by atoms with Crippen molar-refractivity contribution in [1.82, 2.24) is 5.32 Å². The van der Waals surface area contributed by atoms with Crippen molar-refractivity contribution in [3.8, 4) is 0 Å². The molecule has 0 spiro atoms. The molecule has 0 radical (unpaired) electrons. The minimum absolute atomic E-state index is 0.0372. The summed E-state index contributed by atoms with van der Waals surface area (Å²) in [7, 11) is 1.73. The molecule has 1 aromatic rings. The molecule has 2 N–H and O–H groups in total. The van der Waals surface area contributed by atoms with Gasteiger partial charge in [-0.2, -0.15) is 0 Å². The number of rotatable bonds is 8. The molecule has 1 unspecified atom stereocenters. The van der Waals surface area contributed by atoms with Crippen LogP contribution in [0, 0.1) is 0 Å². The fourth-order valence-corrected chi connectivity index (χ4v) is 2.90. The summed E-state index contributed by atoms with van der Waals surface area (Å²) in [6.07, 6.45) is 0.890. The lowest BCUT2D eigenvalue weighted by Crippen LogP contribution is -2.46. The zero-order valence-electron chi connectivity index (χ0n) is 11.6. The van der Waals surface area contributed by atoms with Gasteiger partial charge >= 0.3 is 0 Å². The van der Waals surface area contributed by atoms with Gasteiger partial charge in [0.15, 0.2) is 0 Å². The van der Waals surface area contributed by atoms with Crippen LogP contribution < -0.4 is 5.32 Å². The highest BCUT2D eigenvalue weighted by atomic mass is 79.9. The average Bonchev–Trinajstić information content (AvgIpc) is 2.37. The molecule has 1 aromatic carbocycles. The third-order valence-corrected chi connectivity index (χ3v) is 4.27. The van der Waals surface area contributed by atoms with Gasteiger partial charge in [-0.15, -0.1) is 0 Å². The van der Waals surface area contributed by atoms with Gasteiger partial charge in [-0.1, -0.05) is 34.1 Å². The van der Waals surface area contributed by atoms with Gasteiger partial charge in [-0.3, -0.25) is 0 Å². The van der Waals surface area contributed by atoms with E-state index in [-0.39, 0.29) is 11.6 Å². The van der Waals surface area contributed by atoms with E-state index in [4.69, 9.17) is 9.29 Å². The van der Waals surface area contributed by atoms with Gasteiger partial charge in [0, 0.05) is 22.9 Å². The van der Waals surface area contributed by atoms with Gasteiger partial charge in [-0.05, 0) is 50.5 Å². The summed E-state index contributed by atoms with van der Waals surface area (Å²) in [6.45, 7) is 5.12. The largest absolute Gasteiger partial charge is 0.375 e. The van der Waals surface area contributed by atoms with Crippen LogP contribution in [0.25, 0.3) is 0 Å². The van der Waals surface area contributed by atoms with Crippen molar-refractivity contribution in [2.24, 2.45) is 0 Å². The monoisotopic (exact) mass is 347 g/mol. The molecule has 1 atom stereocenters. The summed E-state index contributed by atoms with van der Waals surface area (Å²) in [5, 5.41) is 3.50. The van der Waals surface area contributed by atoms with Gasteiger partial charge < -0.3 is 14.6 Å². The number of hydrogen-bond acceptors (Lipinski definition) is 4. The Labute approximate surface area is 128 Å². The van der Waals surface area contributed by atoms with Crippen LogP contribution in [0.5, 0.6) is 0 Å². The highest BCUT2D eigenvalue weighted by Gasteiger charge is 2.31. The van der Waals surface area contributed by atoms with Crippen LogP contribution in [0.15, 0.2) is 28.7 Å². The Bertz CT molecular complexity index is 387. The van der Waals surface area contributed by atoms with Crippen molar-refractivity contribution >= 4 is 28.0 Å². The van der Waals surface area contributed by atoms with Gasteiger partial charge in [0.2, 0.25) is 0 Å². The van der Waals surface area contributed by atoms with E-state index >= 15 is 0 Å². The maximum atomic E-state index is 8.72. The first kappa shape index (κ1) is 17.0. The summed E-state index contributed by atoms with van der Waals surface area (Å²) in [5.41, 5.74) is 0.956. The molecule has 0 aromatic heterocycles. The van der Waals surface area contributed by atoms with Gasteiger partial charge in [0.05, 0.1) is 0 Å². The molecule has 0 aliphatic rings. The second kappa shape index (κ2) is 8.27. The van der Waals surface area contributed by atoms with Crippen LogP contribution in [0.1, 0.15) is 31.9 Å². The van der Waals surface area contributed by atoms with Crippen molar-refractivity contribution in [3.05, 3.63) is 34.3 Å². The molecule has 0 amide bonds. The zero-order valence-corrected chi connectivity index (χ0v) is 14.1. The first-order valence-corrected chi connectivity index (χ1v) is 8.05. The number of methoxy groups -OCH3 is 1. The summed E-state index contributed by atoms with van der Waals surface area (Å²) >= 11 is 4.47. The Morgan fingerprint density at radius 2 is 2.11 bits per heavy atom. The molecule has 0 fully saturated rings. The maximum absolute atomic E-state index is 8.72. The fourth-order valence-electron chi connectivity index (χ4n) is 2.14. The summed E-state index contributed by atoms with van der Waals surface area (Å²) in [6, 6.07) is 8.12. The third-order valence-electron chi connectivity index (χ3n) is 3.07. The highest BCUT2D eigenvalue weighted by Crippen LogP contribution is 2.33. The second-order valence-electron chi connectivity index (χ2n) is 4.97. The molecule has 0 aliphatic heterocycles. The van der Waals surface area contributed by atoms with E-state index in [2.05, 4.69) is 41.2 Å². The number of halogens is 1. The van der Waals surface area contributed by atoms with E-state index in [1.54, 1.807) is 7.11 Å². The van der Waals surface area contributed by atoms with E-state index in [0.717, 1.165) is 40.8 Å².